The lowest BCUT2D eigenvalue weighted by Crippen LogP contribution is -2.15. The lowest BCUT2D eigenvalue weighted by atomic mass is 10.0. The van der Waals surface area contributed by atoms with Crippen LogP contribution in [0.4, 0.5) is 11.4 Å². The molecule has 0 heterocycles. The highest BCUT2D eigenvalue weighted by atomic mass is 16.6. The van der Waals surface area contributed by atoms with Crippen molar-refractivity contribution in [2.45, 2.75) is 6.92 Å². The Labute approximate surface area is 126 Å². The molecule has 2 rings (SSSR count). The summed E-state index contributed by atoms with van der Waals surface area (Å²) in [6.07, 6.45) is 1.26. The summed E-state index contributed by atoms with van der Waals surface area (Å²) in [5.41, 5.74) is 0.799. The van der Waals surface area contributed by atoms with Crippen LogP contribution in [0.2, 0.25) is 0 Å². The highest BCUT2D eigenvalue weighted by Crippen LogP contribution is 2.32. The van der Waals surface area contributed by atoms with E-state index in [0.29, 0.717) is 5.69 Å². The van der Waals surface area contributed by atoms with Gasteiger partial charge in [0.15, 0.2) is 5.56 Å². The highest BCUT2D eigenvalue weighted by molar-refractivity contribution is 6.09. The Balaban J connectivity index is 2.46. The monoisotopic (exact) mass is 298 g/mol. The second kappa shape index (κ2) is 6.09. The first-order valence-electron chi connectivity index (χ1n) is 6.45. The van der Waals surface area contributed by atoms with Gasteiger partial charge >= 0.3 is 0 Å². The number of aryl methyl sites for hydroxylation is 1. The molecular weight excluding hydrogens is 284 g/mol. The normalized spacial score (nSPS) is 10.0. The van der Waals surface area contributed by atoms with Gasteiger partial charge in [0.25, 0.3) is 11.6 Å². The third-order valence-corrected chi connectivity index (χ3v) is 3.13. The van der Waals surface area contributed by atoms with E-state index >= 15 is 0 Å². The number of carbonyl (C=O) groups excluding carboxylic acids is 1. The SMILES string of the molecule is C=Cc1ccc(O)c(C(=O)Nc2ccc(C)cc2)c1[N+](=O)[O-]. The van der Waals surface area contributed by atoms with E-state index in [-0.39, 0.29) is 11.1 Å². The molecule has 0 saturated carbocycles. The largest absolute Gasteiger partial charge is 0.507 e. The van der Waals surface area contributed by atoms with Crippen LogP contribution < -0.4 is 5.32 Å². The standard InChI is InChI=1S/C16H14N2O4/c1-3-11-6-9-13(19)14(15(11)18(21)22)16(20)17-12-7-4-10(2)5-8-12/h3-9,19H,1H2,2H3,(H,17,20). The van der Waals surface area contributed by atoms with Gasteiger partial charge in [-0.05, 0) is 31.2 Å². The molecule has 0 radical (unpaired) electrons. The van der Waals surface area contributed by atoms with Gasteiger partial charge in [-0.15, -0.1) is 0 Å². The van der Waals surface area contributed by atoms with Gasteiger partial charge in [-0.3, -0.25) is 14.9 Å². The lowest BCUT2D eigenvalue weighted by Gasteiger charge is -2.09. The van der Waals surface area contributed by atoms with Crippen LogP contribution in [0.1, 0.15) is 21.5 Å². The van der Waals surface area contributed by atoms with Crippen LogP contribution in [0.5, 0.6) is 5.75 Å². The van der Waals surface area contributed by atoms with Crippen molar-refractivity contribution in [1.29, 1.82) is 0 Å². The van der Waals surface area contributed by atoms with Crippen LogP contribution in [0.15, 0.2) is 43.0 Å². The smallest absolute Gasteiger partial charge is 0.293 e. The fraction of sp³-hybridized carbons (Fsp3) is 0.0625. The van der Waals surface area contributed by atoms with Crippen molar-refractivity contribution in [2.24, 2.45) is 0 Å². The molecule has 2 aromatic rings. The third kappa shape index (κ3) is 2.95. The molecule has 0 saturated heterocycles. The van der Waals surface area contributed by atoms with Gasteiger partial charge in [-0.2, -0.15) is 0 Å². The maximum atomic E-state index is 12.3. The van der Waals surface area contributed by atoms with E-state index in [4.69, 9.17) is 0 Å². The summed E-state index contributed by atoms with van der Waals surface area (Å²) < 4.78 is 0. The first-order valence-corrected chi connectivity index (χ1v) is 6.45. The number of phenols is 1. The molecule has 6 heteroatoms. The predicted octanol–water partition coefficient (Wildman–Crippen LogP) is 3.50. The number of rotatable bonds is 4. The van der Waals surface area contributed by atoms with E-state index in [1.54, 1.807) is 24.3 Å². The molecule has 0 aliphatic rings. The highest BCUT2D eigenvalue weighted by Gasteiger charge is 2.27. The zero-order valence-corrected chi connectivity index (χ0v) is 11.9. The number of carbonyl (C=O) groups is 1. The number of anilines is 1. The second-order valence-electron chi connectivity index (χ2n) is 4.68. The van der Waals surface area contributed by atoms with Crippen LogP contribution >= 0.6 is 0 Å². The Morgan fingerprint density at radius 1 is 1.27 bits per heavy atom. The summed E-state index contributed by atoms with van der Waals surface area (Å²) in [7, 11) is 0. The van der Waals surface area contributed by atoms with Crippen LogP contribution in [-0.4, -0.2) is 15.9 Å². The second-order valence-corrected chi connectivity index (χ2v) is 4.68. The minimum Gasteiger partial charge on any atom is -0.507 e. The molecule has 0 atom stereocenters. The Kier molecular flexibility index (Phi) is 4.22. The molecule has 22 heavy (non-hydrogen) atoms. The number of benzene rings is 2. The van der Waals surface area contributed by atoms with Gasteiger partial charge < -0.3 is 10.4 Å². The molecule has 6 nitrogen and oxygen atoms in total. The first kappa shape index (κ1) is 15.2. The molecule has 1 amide bonds. The molecule has 2 aromatic carbocycles. The molecule has 0 aromatic heterocycles. The Bertz CT molecular complexity index is 751. The maximum Gasteiger partial charge on any atom is 0.293 e. The van der Waals surface area contributed by atoms with E-state index < -0.39 is 22.3 Å². The predicted molar refractivity (Wildman–Crippen MR) is 84.0 cm³/mol. The van der Waals surface area contributed by atoms with Crippen LogP contribution in [0.25, 0.3) is 6.08 Å². The fourth-order valence-corrected chi connectivity index (χ4v) is 2.01. The maximum absolute atomic E-state index is 12.3. The molecule has 2 N–H and O–H groups in total. The molecule has 0 spiro atoms. The van der Waals surface area contributed by atoms with E-state index in [1.807, 2.05) is 6.92 Å². The van der Waals surface area contributed by atoms with Gasteiger partial charge in [0.05, 0.1) is 10.5 Å². The van der Waals surface area contributed by atoms with E-state index in [2.05, 4.69) is 11.9 Å². The number of nitrogens with one attached hydrogen (secondary N) is 1. The molecule has 0 unspecified atom stereocenters. The number of phenolic OH excluding ortho intramolecular Hbond substituents is 1. The minimum absolute atomic E-state index is 0.164. The molecule has 112 valence electrons. The molecule has 0 aliphatic carbocycles. The Morgan fingerprint density at radius 2 is 1.91 bits per heavy atom. The topological polar surface area (TPSA) is 92.5 Å². The minimum atomic E-state index is -0.753. The third-order valence-electron chi connectivity index (χ3n) is 3.13. The summed E-state index contributed by atoms with van der Waals surface area (Å²) in [6.45, 7) is 5.38. The van der Waals surface area contributed by atoms with Crippen molar-refractivity contribution in [3.8, 4) is 5.75 Å². The van der Waals surface area contributed by atoms with Crippen LogP contribution in [0.3, 0.4) is 0 Å². The zero-order valence-electron chi connectivity index (χ0n) is 11.9. The van der Waals surface area contributed by atoms with Gasteiger partial charge in [-0.1, -0.05) is 30.4 Å². The number of amides is 1. The van der Waals surface area contributed by atoms with Crippen LogP contribution in [-0.2, 0) is 0 Å². The van der Waals surface area contributed by atoms with Gasteiger partial charge in [0, 0.05) is 5.69 Å². The summed E-state index contributed by atoms with van der Waals surface area (Å²) in [5.74, 6) is -1.21. The number of hydrogen-bond acceptors (Lipinski definition) is 4. The quantitative estimate of drug-likeness (QED) is 0.667. The van der Waals surface area contributed by atoms with Crippen molar-refractivity contribution >= 4 is 23.4 Å². The number of aromatic hydroxyl groups is 1. The average molecular weight is 298 g/mol. The summed E-state index contributed by atoms with van der Waals surface area (Å²) >= 11 is 0. The van der Waals surface area contributed by atoms with Crippen molar-refractivity contribution in [3.63, 3.8) is 0 Å². The zero-order chi connectivity index (χ0) is 16.3. The summed E-state index contributed by atoms with van der Waals surface area (Å²) in [4.78, 5) is 22.8. The van der Waals surface area contributed by atoms with Crippen molar-refractivity contribution in [2.75, 3.05) is 5.32 Å². The number of nitro groups is 1. The van der Waals surface area contributed by atoms with E-state index in [1.165, 1.54) is 18.2 Å². The lowest BCUT2D eigenvalue weighted by molar-refractivity contribution is -0.385. The number of nitro benzene ring substituents is 1. The number of hydrogen-bond donors (Lipinski definition) is 2. The number of nitrogens with zero attached hydrogens (tertiary/aromatic N) is 1. The van der Waals surface area contributed by atoms with E-state index in [9.17, 15) is 20.0 Å². The van der Waals surface area contributed by atoms with Crippen molar-refractivity contribution in [3.05, 3.63) is 69.8 Å². The first-order chi connectivity index (χ1) is 10.4. The van der Waals surface area contributed by atoms with Gasteiger partial charge in [0.1, 0.15) is 5.75 Å². The summed E-state index contributed by atoms with van der Waals surface area (Å²) in [5, 5.41) is 23.6. The van der Waals surface area contributed by atoms with E-state index in [0.717, 1.165) is 5.56 Å². The molecule has 0 bridgehead atoms. The molecule has 0 fully saturated rings. The Hall–Kier alpha value is -3.15. The average Bonchev–Trinajstić information content (AvgIpc) is 2.48. The van der Waals surface area contributed by atoms with Gasteiger partial charge in [0.2, 0.25) is 0 Å². The van der Waals surface area contributed by atoms with Crippen molar-refractivity contribution < 1.29 is 14.8 Å². The fourth-order valence-electron chi connectivity index (χ4n) is 2.01. The Morgan fingerprint density at radius 3 is 2.45 bits per heavy atom. The summed E-state index contributed by atoms with van der Waals surface area (Å²) in [6, 6.07) is 9.51. The molecular formula is C16H14N2O4. The van der Waals surface area contributed by atoms with Gasteiger partial charge in [-0.25, -0.2) is 0 Å². The molecule has 0 aliphatic heterocycles. The van der Waals surface area contributed by atoms with Crippen molar-refractivity contribution in [1.82, 2.24) is 0 Å². The van der Waals surface area contributed by atoms with Crippen LogP contribution in [0, 0.1) is 17.0 Å².